The van der Waals surface area contributed by atoms with E-state index in [0.29, 0.717) is 10.6 Å². The molecule has 0 spiro atoms. The number of hydrogen-bond donors (Lipinski definition) is 2. The van der Waals surface area contributed by atoms with Gasteiger partial charge in [0.15, 0.2) is 11.9 Å². The highest BCUT2D eigenvalue weighted by Crippen LogP contribution is 2.16. The largest absolute Gasteiger partial charge is 0.459 e. The van der Waals surface area contributed by atoms with Crippen LogP contribution in [0.3, 0.4) is 0 Å². The van der Waals surface area contributed by atoms with Crippen LogP contribution in [0.25, 0.3) is 0 Å². The van der Waals surface area contributed by atoms with Crippen LogP contribution in [0.1, 0.15) is 20.9 Å². The van der Waals surface area contributed by atoms with Crippen LogP contribution in [-0.2, 0) is 0 Å². The van der Waals surface area contributed by atoms with Crippen molar-refractivity contribution < 1.29 is 18.4 Å². The Labute approximate surface area is 153 Å². The molecule has 0 aliphatic rings. The lowest BCUT2D eigenvalue weighted by molar-refractivity contribution is 0.0852. The molecule has 5 nitrogen and oxygen atoms in total. The summed E-state index contributed by atoms with van der Waals surface area (Å²) < 4.78 is 19.0. The average molecular weight is 373 g/mol. The van der Waals surface area contributed by atoms with Crippen molar-refractivity contribution in [3.05, 3.63) is 89.1 Å². The number of ketones is 1. The highest BCUT2D eigenvalue weighted by molar-refractivity contribution is 6.30. The number of Topliss-reactive ketones (excluding diaryl/α,β-unsaturated/α-hetero) is 1. The van der Waals surface area contributed by atoms with Gasteiger partial charge in [-0.25, -0.2) is 4.39 Å². The maximum atomic E-state index is 14.0. The van der Waals surface area contributed by atoms with Gasteiger partial charge in [-0.05, 0) is 48.5 Å². The molecular formula is C19H14ClFN2O3. The van der Waals surface area contributed by atoms with Crippen molar-refractivity contribution in [3.8, 4) is 0 Å². The molecule has 26 heavy (non-hydrogen) atoms. The van der Waals surface area contributed by atoms with E-state index in [-0.39, 0.29) is 11.4 Å². The zero-order chi connectivity index (χ0) is 18.5. The molecule has 0 saturated heterocycles. The molecule has 2 aromatic carbocycles. The van der Waals surface area contributed by atoms with E-state index in [1.54, 1.807) is 24.3 Å². The van der Waals surface area contributed by atoms with Crippen molar-refractivity contribution in [3.63, 3.8) is 0 Å². The molecule has 1 amide bonds. The van der Waals surface area contributed by atoms with Crippen molar-refractivity contribution in [1.29, 1.82) is 0 Å². The van der Waals surface area contributed by atoms with Crippen LogP contribution in [0.2, 0.25) is 5.02 Å². The molecule has 1 heterocycles. The van der Waals surface area contributed by atoms with Crippen molar-refractivity contribution in [2.75, 3.05) is 5.32 Å². The summed E-state index contributed by atoms with van der Waals surface area (Å²) in [4.78, 5) is 25.1. The number of halogens is 2. The molecule has 0 fully saturated rings. The Kier molecular flexibility index (Phi) is 5.34. The van der Waals surface area contributed by atoms with Crippen molar-refractivity contribution in [2.45, 2.75) is 6.17 Å². The molecular weight excluding hydrogens is 359 g/mol. The third-order valence-corrected chi connectivity index (χ3v) is 3.84. The standard InChI is InChI=1S/C19H14ClFN2O3/c20-13-9-7-12(8-10-13)17(24)18(22-15-5-2-1-4-14(15)21)23-19(25)16-6-3-11-26-16/h1-11,18,22H,(H,23,25)/t18-/m1/s1. The predicted octanol–water partition coefficient (Wildman–Crippen LogP) is 4.12. The second-order valence-corrected chi connectivity index (χ2v) is 5.82. The van der Waals surface area contributed by atoms with Crippen LogP contribution in [-0.4, -0.2) is 17.9 Å². The lowest BCUT2D eigenvalue weighted by atomic mass is 10.1. The average Bonchev–Trinajstić information content (AvgIpc) is 3.18. The number of rotatable bonds is 6. The van der Waals surface area contributed by atoms with Crippen LogP contribution < -0.4 is 10.6 Å². The second-order valence-electron chi connectivity index (χ2n) is 5.38. The van der Waals surface area contributed by atoms with Gasteiger partial charge in [0.1, 0.15) is 5.82 Å². The molecule has 1 atom stereocenters. The summed E-state index contributed by atoms with van der Waals surface area (Å²) in [5.41, 5.74) is 0.391. The molecule has 0 bridgehead atoms. The minimum atomic E-state index is -1.20. The normalized spacial score (nSPS) is 11.6. The maximum absolute atomic E-state index is 14.0. The second kappa shape index (κ2) is 7.84. The minimum Gasteiger partial charge on any atom is -0.459 e. The number of benzene rings is 2. The van der Waals surface area contributed by atoms with E-state index < -0.39 is 23.7 Å². The van der Waals surface area contributed by atoms with Gasteiger partial charge < -0.3 is 15.1 Å². The summed E-state index contributed by atoms with van der Waals surface area (Å²) in [7, 11) is 0. The Morgan fingerprint density at radius 2 is 1.73 bits per heavy atom. The van der Waals surface area contributed by atoms with E-state index in [9.17, 15) is 14.0 Å². The number of para-hydroxylation sites is 1. The number of amides is 1. The first-order chi connectivity index (χ1) is 12.5. The van der Waals surface area contributed by atoms with E-state index in [1.165, 1.54) is 42.7 Å². The molecule has 0 radical (unpaired) electrons. The zero-order valence-corrected chi connectivity index (χ0v) is 14.2. The molecule has 1 aromatic heterocycles. The fourth-order valence-corrected chi connectivity index (χ4v) is 2.42. The Hall–Kier alpha value is -3.12. The quantitative estimate of drug-likeness (QED) is 0.504. The van der Waals surface area contributed by atoms with E-state index in [4.69, 9.17) is 16.0 Å². The first-order valence-corrected chi connectivity index (χ1v) is 8.07. The molecule has 2 N–H and O–H groups in total. The molecule has 3 rings (SSSR count). The fraction of sp³-hybridized carbons (Fsp3) is 0.0526. The van der Waals surface area contributed by atoms with E-state index >= 15 is 0 Å². The lowest BCUT2D eigenvalue weighted by Crippen LogP contribution is -2.46. The first-order valence-electron chi connectivity index (χ1n) is 7.70. The summed E-state index contributed by atoms with van der Waals surface area (Å²) in [5, 5.41) is 5.71. The number of hydrogen-bond acceptors (Lipinski definition) is 4. The molecule has 0 saturated carbocycles. The Balaban J connectivity index is 1.87. The van der Waals surface area contributed by atoms with Gasteiger partial charge in [0.05, 0.1) is 12.0 Å². The van der Waals surface area contributed by atoms with Gasteiger partial charge in [-0.2, -0.15) is 0 Å². The Morgan fingerprint density at radius 1 is 1.00 bits per heavy atom. The summed E-state index contributed by atoms with van der Waals surface area (Å²) >= 11 is 5.84. The van der Waals surface area contributed by atoms with Gasteiger partial charge in [0, 0.05) is 10.6 Å². The maximum Gasteiger partial charge on any atom is 0.288 e. The van der Waals surface area contributed by atoms with Crippen molar-refractivity contribution >= 4 is 29.0 Å². The van der Waals surface area contributed by atoms with Crippen molar-refractivity contribution in [2.24, 2.45) is 0 Å². The van der Waals surface area contributed by atoms with Crippen LogP contribution in [0.5, 0.6) is 0 Å². The van der Waals surface area contributed by atoms with Gasteiger partial charge in [0.25, 0.3) is 5.91 Å². The number of nitrogens with one attached hydrogen (secondary N) is 2. The zero-order valence-electron chi connectivity index (χ0n) is 13.4. The van der Waals surface area contributed by atoms with Crippen molar-refractivity contribution in [1.82, 2.24) is 5.32 Å². The summed E-state index contributed by atoms with van der Waals surface area (Å²) in [6.07, 6.45) is 0.139. The number of carbonyl (C=O) groups excluding carboxylic acids is 2. The molecule has 132 valence electrons. The first kappa shape index (κ1) is 17.7. The van der Waals surface area contributed by atoms with Gasteiger partial charge in [-0.3, -0.25) is 9.59 Å². The number of carbonyl (C=O) groups is 2. The molecule has 0 unspecified atom stereocenters. The van der Waals surface area contributed by atoms with E-state index in [2.05, 4.69) is 10.6 Å². The van der Waals surface area contributed by atoms with Gasteiger partial charge in [0.2, 0.25) is 5.78 Å². The van der Waals surface area contributed by atoms with E-state index in [0.717, 1.165) is 0 Å². The molecule has 0 aliphatic carbocycles. The van der Waals surface area contributed by atoms with Crippen LogP contribution >= 0.6 is 11.6 Å². The van der Waals surface area contributed by atoms with Gasteiger partial charge in [-0.15, -0.1) is 0 Å². The molecule has 0 aliphatic heterocycles. The summed E-state index contributed by atoms with van der Waals surface area (Å²) in [6, 6.07) is 15.0. The van der Waals surface area contributed by atoms with Gasteiger partial charge in [-0.1, -0.05) is 23.7 Å². The van der Waals surface area contributed by atoms with Crippen LogP contribution in [0.15, 0.2) is 71.3 Å². The third kappa shape index (κ3) is 4.10. The third-order valence-electron chi connectivity index (χ3n) is 3.59. The molecule has 3 aromatic rings. The topological polar surface area (TPSA) is 71.3 Å². The highest BCUT2D eigenvalue weighted by Gasteiger charge is 2.24. The number of anilines is 1. The van der Waals surface area contributed by atoms with Crippen LogP contribution in [0.4, 0.5) is 10.1 Å². The Morgan fingerprint density at radius 3 is 2.38 bits per heavy atom. The predicted molar refractivity (Wildman–Crippen MR) is 95.8 cm³/mol. The number of furan rings is 1. The Bertz CT molecular complexity index is 911. The summed E-state index contributed by atoms with van der Waals surface area (Å²) in [5.74, 6) is -1.57. The van der Waals surface area contributed by atoms with Gasteiger partial charge >= 0.3 is 0 Å². The van der Waals surface area contributed by atoms with E-state index in [1.807, 2.05) is 0 Å². The SMILES string of the molecule is O=C(N[C@@H](Nc1ccccc1F)C(=O)c1ccc(Cl)cc1)c1ccco1. The minimum absolute atomic E-state index is 0.0363. The lowest BCUT2D eigenvalue weighted by Gasteiger charge is -2.20. The summed E-state index contributed by atoms with van der Waals surface area (Å²) in [6.45, 7) is 0. The molecule has 7 heteroatoms. The fourth-order valence-electron chi connectivity index (χ4n) is 2.29. The monoisotopic (exact) mass is 372 g/mol. The van der Waals surface area contributed by atoms with Crippen LogP contribution in [0, 0.1) is 5.82 Å². The highest BCUT2D eigenvalue weighted by atomic mass is 35.5. The smallest absolute Gasteiger partial charge is 0.288 e.